The third kappa shape index (κ3) is 4.02. The van der Waals surface area contributed by atoms with E-state index in [1.165, 1.54) is 17.0 Å². The zero-order valence-electron chi connectivity index (χ0n) is 13.2. The van der Waals surface area contributed by atoms with Crippen molar-refractivity contribution >= 4 is 34.4 Å². The van der Waals surface area contributed by atoms with Crippen molar-refractivity contribution in [3.8, 4) is 17.1 Å². The highest BCUT2D eigenvalue weighted by atomic mass is 79.9. The smallest absolute Gasteiger partial charge is 0.216 e. The summed E-state index contributed by atoms with van der Waals surface area (Å²) >= 11 is 8.54. The van der Waals surface area contributed by atoms with Crippen LogP contribution in [0.3, 0.4) is 0 Å². The van der Waals surface area contributed by atoms with Gasteiger partial charge in [-0.15, -0.1) is 0 Å². The fourth-order valence-corrected chi connectivity index (χ4v) is 2.77. The van der Waals surface area contributed by atoms with Crippen LogP contribution in [0.1, 0.15) is 12.5 Å². The van der Waals surface area contributed by atoms with Crippen molar-refractivity contribution in [3.63, 3.8) is 0 Å². The predicted molar refractivity (Wildman–Crippen MR) is 101 cm³/mol. The van der Waals surface area contributed by atoms with E-state index in [1.54, 1.807) is 12.1 Å². The quantitative estimate of drug-likeness (QED) is 0.476. The highest BCUT2D eigenvalue weighted by Crippen LogP contribution is 2.23. The molecule has 8 heteroatoms. The lowest BCUT2D eigenvalue weighted by molar-refractivity contribution is 0.340. The second kappa shape index (κ2) is 7.71. The molecule has 0 saturated carbocycles. The van der Waals surface area contributed by atoms with Gasteiger partial charge in [0.15, 0.2) is 5.82 Å². The summed E-state index contributed by atoms with van der Waals surface area (Å²) in [4.78, 5) is 0. The third-order valence-corrected chi connectivity index (χ3v) is 4.08. The van der Waals surface area contributed by atoms with Gasteiger partial charge in [0.05, 0.1) is 12.8 Å². The lowest BCUT2D eigenvalue weighted by Gasteiger charge is -2.05. The Morgan fingerprint density at radius 3 is 3.00 bits per heavy atom. The Hall–Kier alpha value is -2.32. The van der Waals surface area contributed by atoms with Gasteiger partial charge in [0.1, 0.15) is 11.6 Å². The van der Waals surface area contributed by atoms with Crippen LogP contribution in [0.2, 0.25) is 0 Å². The van der Waals surface area contributed by atoms with Crippen molar-refractivity contribution < 1.29 is 9.13 Å². The molecule has 0 saturated heterocycles. The maximum absolute atomic E-state index is 13.9. The molecule has 128 valence electrons. The molecule has 25 heavy (non-hydrogen) atoms. The number of H-pyrrole nitrogens is 1. The molecule has 0 radical (unpaired) electrons. The number of hydrogen-bond acceptors (Lipinski definition) is 4. The van der Waals surface area contributed by atoms with Crippen LogP contribution >= 0.6 is 28.1 Å². The lowest BCUT2D eigenvalue weighted by atomic mass is 10.2. The van der Waals surface area contributed by atoms with E-state index < -0.39 is 0 Å². The number of aromatic amines is 1. The number of nitrogens with one attached hydrogen (secondary N) is 1. The second-order valence-corrected chi connectivity index (χ2v) is 6.34. The monoisotopic (exact) mass is 420 g/mol. The van der Waals surface area contributed by atoms with Gasteiger partial charge >= 0.3 is 0 Å². The summed E-state index contributed by atoms with van der Waals surface area (Å²) < 4.78 is 21.9. The average molecular weight is 421 g/mol. The van der Waals surface area contributed by atoms with Crippen LogP contribution < -0.4 is 4.74 Å². The molecule has 0 aliphatic heterocycles. The molecular weight excluding hydrogens is 407 g/mol. The topological polar surface area (TPSA) is 55.2 Å². The summed E-state index contributed by atoms with van der Waals surface area (Å²) in [6.45, 7) is 2.48. The number of nitrogens with zero attached hydrogens (tertiary/aromatic N) is 3. The van der Waals surface area contributed by atoms with Crippen LogP contribution in [-0.4, -0.2) is 27.7 Å². The largest absolute Gasteiger partial charge is 0.494 e. The Labute approximate surface area is 157 Å². The van der Waals surface area contributed by atoms with Gasteiger partial charge < -0.3 is 4.74 Å². The van der Waals surface area contributed by atoms with Gasteiger partial charge in [0.25, 0.3) is 0 Å². The van der Waals surface area contributed by atoms with E-state index in [0.29, 0.717) is 22.8 Å². The lowest BCUT2D eigenvalue weighted by Crippen LogP contribution is -1.97. The Morgan fingerprint density at radius 1 is 1.36 bits per heavy atom. The molecule has 1 N–H and O–H groups in total. The van der Waals surface area contributed by atoms with Gasteiger partial charge in [-0.05, 0) is 49.5 Å². The van der Waals surface area contributed by atoms with E-state index in [2.05, 4.69) is 31.2 Å². The summed E-state index contributed by atoms with van der Waals surface area (Å²) in [7, 11) is 0. The summed E-state index contributed by atoms with van der Waals surface area (Å²) in [6, 6.07) is 12.1. The maximum atomic E-state index is 13.9. The molecule has 1 aromatic heterocycles. The Bertz CT molecular complexity index is 983. The minimum absolute atomic E-state index is 0.309. The Morgan fingerprint density at radius 2 is 2.20 bits per heavy atom. The van der Waals surface area contributed by atoms with Crippen molar-refractivity contribution in [2.24, 2.45) is 5.10 Å². The van der Waals surface area contributed by atoms with E-state index in [9.17, 15) is 4.39 Å². The number of halogens is 2. The van der Waals surface area contributed by atoms with Crippen LogP contribution in [0.25, 0.3) is 11.4 Å². The number of hydrogen-bond donors (Lipinski definition) is 1. The van der Waals surface area contributed by atoms with E-state index in [0.717, 1.165) is 15.8 Å². The summed E-state index contributed by atoms with van der Waals surface area (Å²) in [5.41, 5.74) is 1.12. The molecule has 0 aliphatic rings. The molecule has 0 unspecified atom stereocenters. The second-order valence-electron chi connectivity index (χ2n) is 5.04. The van der Waals surface area contributed by atoms with Gasteiger partial charge in [-0.3, -0.25) is 0 Å². The molecule has 1 heterocycles. The molecule has 0 spiro atoms. The van der Waals surface area contributed by atoms with Crippen LogP contribution in [-0.2, 0) is 0 Å². The highest BCUT2D eigenvalue weighted by molar-refractivity contribution is 9.10. The van der Waals surface area contributed by atoms with E-state index in [4.69, 9.17) is 17.0 Å². The van der Waals surface area contributed by atoms with E-state index in [1.807, 2.05) is 31.2 Å². The maximum Gasteiger partial charge on any atom is 0.216 e. The van der Waals surface area contributed by atoms with Crippen LogP contribution in [0.15, 0.2) is 52.0 Å². The Balaban J connectivity index is 2.00. The molecule has 3 rings (SSSR count). The van der Waals surface area contributed by atoms with Crippen molar-refractivity contribution in [2.45, 2.75) is 6.92 Å². The standard InChI is InChI=1S/C17H14BrFN4OS/c1-2-24-14-5-3-4-11(9-14)16-21-22-17(25)23(16)20-10-12-8-13(18)6-7-15(12)19/h3-10H,2H2,1H3,(H,22,25)/b20-10+. The minimum Gasteiger partial charge on any atom is -0.494 e. The predicted octanol–water partition coefficient (Wildman–Crippen LogP) is 4.79. The van der Waals surface area contributed by atoms with Crippen molar-refractivity contribution in [3.05, 3.63) is 63.1 Å². The fraction of sp³-hybridized carbons (Fsp3) is 0.118. The van der Waals surface area contributed by atoms with Crippen molar-refractivity contribution in [1.29, 1.82) is 0 Å². The third-order valence-electron chi connectivity index (χ3n) is 3.32. The number of ether oxygens (including phenoxy) is 1. The number of benzene rings is 2. The van der Waals surface area contributed by atoms with Gasteiger partial charge in [0.2, 0.25) is 4.77 Å². The molecular formula is C17H14BrFN4OS. The number of aromatic nitrogens is 3. The first-order valence-corrected chi connectivity index (χ1v) is 8.68. The molecule has 0 atom stereocenters. The first kappa shape index (κ1) is 17.5. The Kier molecular flexibility index (Phi) is 5.40. The average Bonchev–Trinajstić information content (AvgIpc) is 2.97. The van der Waals surface area contributed by atoms with Crippen LogP contribution in [0.5, 0.6) is 5.75 Å². The van der Waals surface area contributed by atoms with Crippen molar-refractivity contribution in [1.82, 2.24) is 14.9 Å². The summed E-state index contributed by atoms with van der Waals surface area (Å²) in [5, 5.41) is 11.2. The molecule has 3 aromatic rings. The van der Waals surface area contributed by atoms with Gasteiger partial charge in [-0.1, -0.05) is 28.1 Å². The van der Waals surface area contributed by atoms with Gasteiger partial charge in [0, 0.05) is 15.6 Å². The van der Waals surface area contributed by atoms with Crippen LogP contribution in [0.4, 0.5) is 4.39 Å². The SMILES string of the molecule is CCOc1cccc(-c2n[nH]c(=S)n2/N=C/c2cc(Br)ccc2F)c1. The minimum atomic E-state index is -0.373. The zero-order chi connectivity index (χ0) is 17.8. The normalized spacial score (nSPS) is 11.2. The number of rotatable bonds is 5. The molecule has 0 amide bonds. The van der Waals surface area contributed by atoms with E-state index in [-0.39, 0.29) is 5.82 Å². The molecule has 0 aliphatic carbocycles. The summed E-state index contributed by atoms with van der Waals surface area (Å²) in [5.74, 6) is 0.863. The summed E-state index contributed by atoms with van der Waals surface area (Å²) in [6.07, 6.45) is 1.40. The first-order chi connectivity index (χ1) is 12.1. The van der Waals surface area contributed by atoms with E-state index >= 15 is 0 Å². The van der Waals surface area contributed by atoms with Gasteiger partial charge in [-0.25, -0.2) is 9.49 Å². The highest BCUT2D eigenvalue weighted by Gasteiger charge is 2.09. The van der Waals surface area contributed by atoms with Crippen LogP contribution in [0, 0.1) is 10.6 Å². The van der Waals surface area contributed by atoms with Crippen molar-refractivity contribution in [2.75, 3.05) is 6.61 Å². The fourth-order valence-electron chi connectivity index (χ4n) is 2.21. The molecule has 0 bridgehead atoms. The molecule has 5 nitrogen and oxygen atoms in total. The van der Waals surface area contributed by atoms with Gasteiger partial charge in [-0.2, -0.15) is 14.9 Å². The molecule has 0 fully saturated rings. The molecule has 2 aromatic carbocycles. The first-order valence-electron chi connectivity index (χ1n) is 7.48. The zero-order valence-corrected chi connectivity index (χ0v) is 15.6.